The van der Waals surface area contributed by atoms with Crippen molar-refractivity contribution >= 4 is 27.5 Å². The summed E-state index contributed by atoms with van der Waals surface area (Å²) >= 11 is 0. The van der Waals surface area contributed by atoms with Crippen molar-refractivity contribution in [2.24, 2.45) is 0 Å². The number of aryl methyl sites for hydroxylation is 1. The van der Waals surface area contributed by atoms with E-state index >= 15 is 0 Å². The lowest BCUT2D eigenvalue weighted by atomic mass is 10.1. The Morgan fingerprint density at radius 2 is 1.60 bits per heavy atom. The fourth-order valence-corrected chi connectivity index (χ4v) is 6.01. The van der Waals surface area contributed by atoms with E-state index in [-0.39, 0.29) is 30.1 Å². The number of rotatable bonds is 9. The molecule has 1 N–H and O–H groups in total. The van der Waals surface area contributed by atoms with Crippen molar-refractivity contribution in [1.82, 2.24) is 9.62 Å². The van der Waals surface area contributed by atoms with Crippen LogP contribution in [0.3, 0.4) is 0 Å². The fraction of sp³-hybridized carbons (Fsp3) is 0.188. The second-order valence-electron chi connectivity index (χ2n) is 9.96. The third-order valence-electron chi connectivity index (χ3n) is 6.95. The molecule has 5 rings (SSSR count). The van der Waals surface area contributed by atoms with Gasteiger partial charge in [-0.25, -0.2) is 12.8 Å². The van der Waals surface area contributed by atoms with Gasteiger partial charge in [-0.1, -0.05) is 78.4 Å². The van der Waals surface area contributed by atoms with Crippen molar-refractivity contribution in [3.05, 3.63) is 126 Å². The number of sulfonamides is 1. The lowest BCUT2D eigenvalue weighted by Crippen LogP contribution is -2.52. The van der Waals surface area contributed by atoms with E-state index in [0.717, 1.165) is 15.4 Å². The predicted molar refractivity (Wildman–Crippen MR) is 157 cm³/mol. The Kier molecular flexibility index (Phi) is 8.65. The van der Waals surface area contributed by atoms with Crippen molar-refractivity contribution in [2.45, 2.75) is 31.0 Å². The highest BCUT2D eigenvalue weighted by atomic mass is 32.2. The Balaban J connectivity index is 1.41. The van der Waals surface area contributed by atoms with Gasteiger partial charge in [-0.3, -0.25) is 9.59 Å². The molecule has 1 aliphatic heterocycles. The van der Waals surface area contributed by atoms with Gasteiger partial charge in [0.15, 0.2) is 6.10 Å². The van der Waals surface area contributed by atoms with E-state index in [1.165, 1.54) is 35.2 Å². The van der Waals surface area contributed by atoms with Crippen molar-refractivity contribution in [3.8, 4) is 5.75 Å². The van der Waals surface area contributed by atoms with Gasteiger partial charge in [0, 0.05) is 18.7 Å². The number of carbonyl (C=O) groups excluding carboxylic acids is 2. The monoisotopic (exact) mass is 587 g/mol. The molecular formula is C32H30FN3O5S. The van der Waals surface area contributed by atoms with Gasteiger partial charge in [0.2, 0.25) is 15.9 Å². The van der Waals surface area contributed by atoms with Gasteiger partial charge in [0.25, 0.3) is 5.91 Å². The molecule has 1 aliphatic rings. The first-order valence-electron chi connectivity index (χ1n) is 13.4. The van der Waals surface area contributed by atoms with E-state index in [1.807, 2.05) is 37.3 Å². The van der Waals surface area contributed by atoms with Crippen LogP contribution in [0.1, 0.15) is 16.7 Å². The molecule has 0 saturated heterocycles. The van der Waals surface area contributed by atoms with Gasteiger partial charge in [-0.2, -0.15) is 4.31 Å². The van der Waals surface area contributed by atoms with Gasteiger partial charge < -0.3 is 15.0 Å². The second kappa shape index (κ2) is 12.5. The van der Waals surface area contributed by atoms with Gasteiger partial charge in [0.05, 0.1) is 23.7 Å². The number of amides is 2. The summed E-state index contributed by atoms with van der Waals surface area (Å²) in [4.78, 5) is 28.3. The molecule has 0 aliphatic carbocycles. The maximum atomic E-state index is 14.6. The molecule has 0 radical (unpaired) electrons. The summed E-state index contributed by atoms with van der Waals surface area (Å²) in [6.07, 6.45) is -1.03. The van der Waals surface area contributed by atoms with Crippen LogP contribution >= 0.6 is 0 Å². The Bertz CT molecular complexity index is 1680. The molecule has 0 unspecified atom stereocenters. The molecule has 4 aromatic rings. The number of hydrogen-bond acceptors (Lipinski definition) is 5. The molecule has 216 valence electrons. The fourth-order valence-electron chi connectivity index (χ4n) is 4.64. The number of carbonyl (C=O) groups is 2. The maximum absolute atomic E-state index is 14.6. The predicted octanol–water partition coefficient (Wildman–Crippen LogP) is 4.44. The zero-order valence-electron chi connectivity index (χ0n) is 22.9. The average Bonchev–Trinajstić information content (AvgIpc) is 3.00. The van der Waals surface area contributed by atoms with Gasteiger partial charge in [0.1, 0.15) is 11.6 Å². The van der Waals surface area contributed by atoms with Crippen molar-refractivity contribution < 1.29 is 27.1 Å². The lowest BCUT2D eigenvalue weighted by Gasteiger charge is -2.35. The number of fused-ring (bicyclic) bond motifs is 1. The molecule has 4 aromatic carbocycles. The minimum absolute atomic E-state index is 0.0159. The number of hydrogen-bond donors (Lipinski definition) is 1. The number of anilines is 1. The minimum Gasteiger partial charge on any atom is -0.477 e. The summed E-state index contributed by atoms with van der Waals surface area (Å²) in [7, 11) is -4.20. The van der Waals surface area contributed by atoms with E-state index in [1.54, 1.807) is 42.5 Å². The number of halogens is 1. The molecule has 0 aromatic heterocycles. The normalized spacial score (nSPS) is 14.6. The van der Waals surface area contributed by atoms with Crippen LogP contribution in [0.4, 0.5) is 10.1 Å². The molecule has 0 fully saturated rings. The standard InChI is InChI=1S/C32H30FN3O5S/c1-23-15-17-26(18-16-23)42(39,40)35(20-25-11-5-6-12-27(25)33)22-31(37)36-21-30(41-29-14-8-7-13-28(29)36)32(38)34-19-24-9-3-2-4-10-24/h2-18,30H,19-22H2,1H3,(H,34,38)/t30-/m1/s1. The molecule has 8 nitrogen and oxygen atoms in total. The molecule has 0 bridgehead atoms. The Morgan fingerprint density at radius 1 is 0.929 bits per heavy atom. The maximum Gasteiger partial charge on any atom is 0.263 e. The number of para-hydroxylation sites is 2. The average molecular weight is 588 g/mol. The zero-order chi connectivity index (χ0) is 29.7. The van der Waals surface area contributed by atoms with Crippen molar-refractivity contribution in [3.63, 3.8) is 0 Å². The van der Waals surface area contributed by atoms with Crippen LogP contribution in [-0.4, -0.2) is 43.7 Å². The number of ether oxygens (including phenoxy) is 1. The summed E-state index contributed by atoms with van der Waals surface area (Å²) in [6, 6.07) is 28.2. The first kappa shape index (κ1) is 29.0. The number of benzene rings is 4. The van der Waals surface area contributed by atoms with E-state index in [4.69, 9.17) is 4.74 Å². The van der Waals surface area contributed by atoms with Crippen LogP contribution in [0.15, 0.2) is 108 Å². The molecule has 0 spiro atoms. The SMILES string of the molecule is Cc1ccc(S(=O)(=O)N(CC(=O)N2C[C@H](C(=O)NCc3ccccc3)Oc3ccccc32)Cc2ccccc2F)cc1. The first-order chi connectivity index (χ1) is 20.2. The van der Waals surface area contributed by atoms with Crippen LogP contribution in [0.5, 0.6) is 5.75 Å². The minimum atomic E-state index is -4.20. The third-order valence-corrected chi connectivity index (χ3v) is 8.76. The van der Waals surface area contributed by atoms with E-state index in [0.29, 0.717) is 11.4 Å². The third kappa shape index (κ3) is 6.50. The summed E-state index contributed by atoms with van der Waals surface area (Å²) in [5, 5.41) is 2.84. The van der Waals surface area contributed by atoms with Crippen molar-refractivity contribution in [2.75, 3.05) is 18.0 Å². The highest BCUT2D eigenvalue weighted by molar-refractivity contribution is 7.89. The van der Waals surface area contributed by atoms with E-state index in [9.17, 15) is 22.4 Å². The van der Waals surface area contributed by atoms with Gasteiger partial charge in [-0.15, -0.1) is 0 Å². The summed E-state index contributed by atoms with van der Waals surface area (Å²) in [6.45, 7) is 1.03. The molecule has 1 atom stereocenters. The zero-order valence-corrected chi connectivity index (χ0v) is 23.8. The molecular weight excluding hydrogens is 557 g/mol. The molecule has 1 heterocycles. The Labute approximate surface area is 244 Å². The highest BCUT2D eigenvalue weighted by Gasteiger charge is 2.36. The van der Waals surface area contributed by atoms with Crippen LogP contribution < -0.4 is 15.0 Å². The number of nitrogens with zero attached hydrogens (tertiary/aromatic N) is 2. The van der Waals surface area contributed by atoms with E-state index < -0.39 is 40.3 Å². The largest absolute Gasteiger partial charge is 0.477 e. The number of nitrogens with one attached hydrogen (secondary N) is 1. The Morgan fingerprint density at radius 3 is 2.33 bits per heavy atom. The van der Waals surface area contributed by atoms with Gasteiger partial charge >= 0.3 is 0 Å². The lowest BCUT2D eigenvalue weighted by molar-refractivity contribution is -0.128. The Hall–Kier alpha value is -4.54. The van der Waals surface area contributed by atoms with Crippen LogP contribution in [-0.2, 0) is 32.7 Å². The van der Waals surface area contributed by atoms with Crippen LogP contribution in [0.2, 0.25) is 0 Å². The quantitative estimate of drug-likeness (QED) is 0.313. The highest BCUT2D eigenvalue weighted by Crippen LogP contribution is 2.34. The van der Waals surface area contributed by atoms with Crippen LogP contribution in [0, 0.1) is 12.7 Å². The van der Waals surface area contributed by atoms with Crippen LogP contribution in [0.25, 0.3) is 0 Å². The summed E-state index contributed by atoms with van der Waals surface area (Å²) < 4.78 is 49.1. The topological polar surface area (TPSA) is 96.0 Å². The van der Waals surface area contributed by atoms with E-state index in [2.05, 4.69) is 5.32 Å². The first-order valence-corrected chi connectivity index (χ1v) is 14.8. The van der Waals surface area contributed by atoms with Gasteiger partial charge in [-0.05, 0) is 42.8 Å². The second-order valence-corrected chi connectivity index (χ2v) is 11.9. The molecule has 2 amide bonds. The van der Waals surface area contributed by atoms with Crippen molar-refractivity contribution in [1.29, 1.82) is 0 Å². The summed E-state index contributed by atoms with van der Waals surface area (Å²) in [5.41, 5.74) is 2.31. The smallest absolute Gasteiger partial charge is 0.263 e. The molecule has 0 saturated carbocycles. The molecule has 42 heavy (non-hydrogen) atoms. The summed E-state index contributed by atoms with van der Waals surface area (Å²) in [5.74, 6) is -1.26. The molecule has 10 heteroatoms.